The van der Waals surface area contributed by atoms with Crippen molar-refractivity contribution >= 4 is 6.29 Å². The van der Waals surface area contributed by atoms with Crippen molar-refractivity contribution in [1.29, 1.82) is 0 Å². The third-order valence-electron chi connectivity index (χ3n) is 1.63. The molecule has 0 saturated carbocycles. The van der Waals surface area contributed by atoms with E-state index in [0.29, 0.717) is 11.8 Å². The lowest BCUT2D eigenvalue weighted by atomic mass is 10.1. The minimum absolute atomic E-state index is 0.00311. The van der Waals surface area contributed by atoms with Crippen LogP contribution in [0.1, 0.15) is 15.9 Å². The van der Waals surface area contributed by atoms with Crippen LogP contribution in [0.5, 0.6) is 5.75 Å². The van der Waals surface area contributed by atoms with E-state index in [4.69, 9.17) is 5.53 Å². The zero-order valence-electron chi connectivity index (χ0n) is 7.71. The summed E-state index contributed by atoms with van der Waals surface area (Å²) in [5.74, 6) is 5.04. The highest BCUT2D eigenvalue weighted by Crippen LogP contribution is 2.18. The number of azide groups is 1. The third kappa shape index (κ3) is 2.76. The molecule has 15 heavy (non-hydrogen) atoms. The summed E-state index contributed by atoms with van der Waals surface area (Å²) < 4.78 is 0. The molecule has 0 aromatic heterocycles. The lowest BCUT2D eigenvalue weighted by Gasteiger charge is -1.98. The lowest BCUT2D eigenvalue weighted by molar-refractivity contribution is 0.112. The molecule has 0 spiro atoms. The molecule has 0 amide bonds. The predicted octanol–water partition coefficient (Wildman–Crippen LogP) is 1.87. The van der Waals surface area contributed by atoms with Crippen molar-refractivity contribution in [3.05, 3.63) is 39.8 Å². The maximum atomic E-state index is 10.6. The molecule has 0 aliphatic heterocycles. The molecule has 0 aliphatic rings. The number of hydrogen-bond donors (Lipinski definition) is 1. The minimum atomic E-state index is -0.0620. The van der Waals surface area contributed by atoms with E-state index in [1.54, 1.807) is 12.1 Å². The van der Waals surface area contributed by atoms with Gasteiger partial charge >= 0.3 is 0 Å². The Balaban J connectivity index is 3.05. The van der Waals surface area contributed by atoms with Gasteiger partial charge in [-0.1, -0.05) is 29.1 Å². The maximum Gasteiger partial charge on any atom is 0.151 e. The van der Waals surface area contributed by atoms with Crippen molar-refractivity contribution in [2.75, 3.05) is 6.54 Å². The standard InChI is InChI=1S/C10H7N3O2/c11-13-12-6-2-4-9-8(7-14)3-1-5-10(9)15/h1,3,5,7,15H,6H2. The molecule has 0 fully saturated rings. The Morgan fingerprint density at radius 2 is 2.40 bits per heavy atom. The van der Waals surface area contributed by atoms with Crippen molar-refractivity contribution in [3.63, 3.8) is 0 Å². The monoisotopic (exact) mass is 201 g/mol. The molecule has 5 nitrogen and oxygen atoms in total. The molecule has 0 radical (unpaired) electrons. The van der Waals surface area contributed by atoms with Crippen LogP contribution in [0.2, 0.25) is 0 Å². The van der Waals surface area contributed by atoms with Gasteiger partial charge in [-0.05, 0) is 11.6 Å². The molecule has 0 aliphatic carbocycles. The fourth-order valence-electron chi connectivity index (χ4n) is 0.987. The fourth-order valence-corrected chi connectivity index (χ4v) is 0.987. The maximum absolute atomic E-state index is 10.6. The van der Waals surface area contributed by atoms with E-state index >= 15 is 0 Å². The first-order chi connectivity index (χ1) is 7.29. The molecule has 0 bridgehead atoms. The SMILES string of the molecule is [N-]=[N+]=NCC#Cc1c(O)cccc1C=O. The molecule has 1 rings (SSSR count). The summed E-state index contributed by atoms with van der Waals surface area (Å²) in [6, 6.07) is 4.53. The van der Waals surface area contributed by atoms with Gasteiger partial charge in [0.2, 0.25) is 0 Å². The summed E-state index contributed by atoms with van der Waals surface area (Å²) in [7, 11) is 0. The van der Waals surface area contributed by atoms with E-state index in [1.807, 2.05) is 0 Å². The van der Waals surface area contributed by atoms with Crippen LogP contribution < -0.4 is 0 Å². The van der Waals surface area contributed by atoms with Gasteiger partial charge in [0, 0.05) is 10.5 Å². The van der Waals surface area contributed by atoms with Gasteiger partial charge in [0.05, 0.1) is 12.1 Å². The molecule has 0 saturated heterocycles. The van der Waals surface area contributed by atoms with Crippen LogP contribution in [0.3, 0.4) is 0 Å². The summed E-state index contributed by atoms with van der Waals surface area (Å²) in [5, 5.41) is 12.6. The minimum Gasteiger partial charge on any atom is -0.507 e. The third-order valence-corrected chi connectivity index (χ3v) is 1.63. The second-order valence-electron chi connectivity index (χ2n) is 2.55. The molecule has 5 heteroatoms. The number of aldehydes is 1. The van der Waals surface area contributed by atoms with E-state index < -0.39 is 0 Å². The number of rotatable bonds is 2. The first kappa shape index (κ1) is 10.6. The first-order valence-electron chi connectivity index (χ1n) is 4.06. The zero-order chi connectivity index (χ0) is 11.1. The number of benzene rings is 1. The van der Waals surface area contributed by atoms with Gasteiger partial charge in [0.1, 0.15) is 5.75 Å². The van der Waals surface area contributed by atoms with Crippen molar-refractivity contribution < 1.29 is 9.90 Å². The van der Waals surface area contributed by atoms with Crippen molar-refractivity contribution in [3.8, 4) is 17.6 Å². The van der Waals surface area contributed by atoms with Gasteiger partial charge < -0.3 is 5.11 Å². The highest BCUT2D eigenvalue weighted by atomic mass is 16.3. The molecule has 0 heterocycles. The fraction of sp³-hybridized carbons (Fsp3) is 0.100. The van der Waals surface area contributed by atoms with E-state index in [1.165, 1.54) is 6.07 Å². The Bertz CT molecular complexity index is 479. The second kappa shape index (κ2) is 5.32. The Kier molecular flexibility index (Phi) is 3.78. The van der Waals surface area contributed by atoms with Crippen LogP contribution in [0, 0.1) is 11.8 Å². The average Bonchev–Trinajstić information content (AvgIpc) is 2.26. The molecular formula is C10H7N3O2. The molecule has 1 aromatic carbocycles. The van der Waals surface area contributed by atoms with Crippen molar-refractivity contribution in [1.82, 2.24) is 0 Å². The Morgan fingerprint density at radius 3 is 3.07 bits per heavy atom. The van der Waals surface area contributed by atoms with Gasteiger partial charge in [0.25, 0.3) is 0 Å². The van der Waals surface area contributed by atoms with Crippen LogP contribution in [0.15, 0.2) is 23.3 Å². The van der Waals surface area contributed by atoms with Crippen LogP contribution in [0.4, 0.5) is 0 Å². The number of phenolic OH excluding ortho intramolecular Hbond substituents is 1. The highest BCUT2D eigenvalue weighted by molar-refractivity contribution is 5.81. The number of phenols is 1. The van der Waals surface area contributed by atoms with Gasteiger partial charge in [-0.25, -0.2) is 0 Å². The summed E-state index contributed by atoms with van der Waals surface area (Å²) in [5.41, 5.74) is 8.56. The lowest BCUT2D eigenvalue weighted by Crippen LogP contribution is -1.87. The molecule has 1 N–H and O–H groups in total. The van der Waals surface area contributed by atoms with E-state index in [2.05, 4.69) is 21.9 Å². The van der Waals surface area contributed by atoms with Gasteiger partial charge in [-0.15, -0.1) is 0 Å². The molecule has 0 atom stereocenters. The van der Waals surface area contributed by atoms with E-state index in [9.17, 15) is 9.90 Å². The topological polar surface area (TPSA) is 86.1 Å². The van der Waals surface area contributed by atoms with Crippen LogP contribution >= 0.6 is 0 Å². The Morgan fingerprint density at radius 1 is 1.60 bits per heavy atom. The summed E-state index contributed by atoms with van der Waals surface area (Å²) in [4.78, 5) is 13.1. The van der Waals surface area contributed by atoms with Gasteiger partial charge in [0.15, 0.2) is 6.29 Å². The highest BCUT2D eigenvalue weighted by Gasteiger charge is 2.02. The van der Waals surface area contributed by atoms with Crippen molar-refractivity contribution in [2.45, 2.75) is 0 Å². The average molecular weight is 201 g/mol. The number of aromatic hydroxyl groups is 1. The Hall–Kier alpha value is -2.44. The zero-order valence-corrected chi connectivity index (χ0v) is 7.71. The first-order valence-corrected chi connectivity index (χ1v) is 4.06. The smallest absolute Gasteiger partial charge is 0.151 e. The van der Waals surface area contributed by atoms with Crippen LogP contribution in [0.25, 0.3) is 10.4 Å². The second-order valence-corrected chi connectivity index (χ2v) is 2.55. The molecular weight excluding hydrogens is 194 g/mol. The normalized spacial score (nSPS) is 8.27. The van der Waals surface area contributed by atoms with Crippen molar-refractivity contribution in [2.24, 2.45) is 5.11 Å². The molecule has 0 unspecified atom stereocenters. The quantitative estimate of drug-likeness (QED) is 0.260. The van der Waals surface area contributed by atoms with Gasteiger partial charge in [-0.2, -0.15) is 0 Å². The molecule has 1 aromatic rings. The predicted molar refractivity (Wildman–Crippen MR) is 54.4 cm³/mol. The number of carbonyl (C=O) groups excluding carboxylic acids is 1. The number of hydrogen-bond acceptors (Lipinski definition) is 3. The number of carbonyl (C=O) groups is 1. The largest absolute Gasteiger partial charge is 0.507 e. The van der Waals surface area contributed by atoms with Crippen LogP contribution in [-0.4, -0.2) is 17.9 Å². The Labute approximate surface area is 86.0 Å². The summed E-state index contributed by atoms with van der Waals surface area (Å²) in [6.07, 6.45) is 0.608. The van der Waals surface area contributed by atoms with E-state index in [-0.39, 0.29) is 17.9 Å². The van der Waals surface area contributed by atoms with E-state index in [0.717, 1.165) is 0 Å². The number of nitrogens with zero attached hydrogens (tertiary/aromatic N) is 3. The van der Waals surface area contributed by atoms with Crippen LogP contribution in [-0.2, 0) is 0 Å². The summed E-state index contributed by atoms with van der Waals surface area (Å²) >= 11 is 0. The summed E-state index contributed by atoms with van der Waals surface area (Å²) in [6.45, 7) is 0.00311. The molecule has 74 valence electrons. The van der Waals surface area contributed by atoms with Gasteiger partial charge in [-0.3, -0.25) is 4.79 Å².